The highest BCUT2D eigenvalue weighted by atomic mass is 19.4. The first-order valence-electron chi connectivity index (χ1n) is 17.7. The Morgan fingerprint density at radius 1 is 0.413 bits per heavy atom. The molecule has 63 heavy (non-hydrogen) atoms. The van der Waals surface area contributed by atoms with Crippen LogP contribution in [0.4, 0.5) is 70.2 Å². The van der Waals surface area contributed by atoms with E-state index < -0.39 is 98.9 Å². The molecule has 0 fully saturated rings. The predicted octanol–water partition coefficient (Wildman–Crippen LogP) is 9.61. The lowest BCUT2D eigenvalue weighted by molar-refractivity contribution is -0.698. The molecule has 2 N–H and O–H groups in total. The number of hydrogen-bond donors (Lipinski definition) is 2. The summed E-state index contributed by atoms with van der Waals surface area (Å²) < 4.78 is 242. The number of pyridine rings is 2. The van der Waals surface area contributed by atoms with Gasteiger partial charge in [-0.15, -0.1) is 0 Å². The normalized spacial score (nSPS) is 13.5. The number of aliphatic hydroxyl groups excluding tert-OH is 2. The number of hydrogen-bond acceptors (Lipinski definition) is 6. The van der Waals surface area contributed by atoms with Crippen molar-refractivity contribution in [3.05, 3.63) is 120 Å². The van der Waals surface area contributed by atoms with Gasteiger partial charge in [0.05, 0.1) is 0 Å². The van der Waals surface area contributed by atoms with Crippen molar-refractivity contribution in [1.82, 2.24) is 9.97 Å². The van der Waals surface area contributed by atoms with E-state index in [2.05, 4.69) is 9.97 Å². The van der Waals surface area contributed by atoms with Crippen molar-refractivity contribution in [3.63, 3.8) is 0 Å². The van der Waals surface area contributed by atoms with Gasteiger partial charge < -0.3 is 19.0 Å². The first-order chi connectivity index (χ1) is 29.2. The summed E-state index contributed by atoms with van der Waals surface area (Å²) in [6.45, 7) is -0.789. The van der Waals surface area contributed by atoms with Crippen molar-refractivity contribution < 1.29 is 98.4 Å². The zero-order chi connectivity index (χ0) is 46.6. The molecule has 6 rings (SSSR count). The Balaban J connectivity index is 1.44. The molecule has 0 saturated heterocycles. The van der Waals surface area contributed by atoms with E-state index in [9.17, 15) is 43.9 Å². The van der Waals surface area contributed by atoms with Crippen LogP contribution >= 0.6 is 0 Å². The topological polar surface area (TPSA) is 100 Å². The van der Waals surface area contributed by atoms with E-state index in [4.69, 9.17) is 19.0 Å². The monoisotopic (exact) mass is 918 g/mol. The van der Waals surface area contributed by atoms with Gasteiger partial charge in [0, 0.05) is 46.5 Å². The quantitative estimate of drug-likeness (QED) is 0.0938. The second-order valence-corrected chi connectivity index (χ2v) is 13.5. The van der Waals surface area contributed by atoms with Crippen LogP contribution < -0.4 is 9.13 Å². The van der Waals surface area contributed by atoms with E-state index in [0.29, 0.717) is 24.3 Å². The van der Waals surface area contributed by atoms with Crippen molar-refractivity contribution in [1.29, 1.82) is 0 Å². The standard InChI is InChI=1S/C39H26F16N4O4/c40-34(41,38(50,51)52)29-27(21-9-13-58(14-10-21)17-19-60)56-31(62-29)23-1-5-25(6-2-23)33(36(44,45)46,37(47,48)49)26-7-3-24(4-8-26)32-57-28(22-11-15-59(16-12-22)18-20-61)30(63-32)35(42,43)39(53,54)55/h1-16,60-61H,17-20H2/q+2. The van der Waals surface area contributed by atoms with E-state index in [1.165, 1.54) is 33.9 Å². The smallest absolute Gasteiger partial charge is 0.434 e. The fourth-order valence-electron chi connectivity index (χ4n) is 6.43. The van der Waals surface area contributed by atoms with E-state index in [1.807, 2.05) is 0 Å². The lowest BCUT2D eigenvalue weighted by Crippen LogP contribution is -2.54. The van der Waals surface area contributed by atoms with Gasteiger partial charge in [0.25, 0.3) is 0 Å². The van der Waals surface area contributed by atoms with Gasteiger partial charge in [-0.05, 0) is 35.4 Å². The SMILES string of the molecule is OCC[n+]1ccc(-c2nc(-c3ccc(C(c4ccc(-c5nc(-c6cc[n+](CCO)cc6)c(C(F)(F)C(F)(F)F)o5)cc4)(C(F)(F)F)C(F)(F)F)cc3)oc2C(F)(F)C(F)(F)F)cc1. The number of rotatable bonds is 12. The maximum atomic E-state index is 15.0. The molecule has 336 valence electrons. The third-order valence-electron chi connectivity index (χ3n) is 9.56. The van der Waals surface area contributed by atoms with Gasteiger partial charge in [0.1, 0.15) is 24.6 Å². The van der Waals surface area contributed by atoms with Crippen molar-refractivity contribution in [2.45, 2.75) is 55.1 Å². The average molecular weight is 919 g/mol. The predicted molar refractivity (Wildman–Crippen MR) is 182 cm³/mol. The number of benzene rings is 2. The molecule has 0 bridgehead atoms. The molecule has 0 radical (unpaired) electrons. The molecule has 8 nitrogen and oxygen atoms in total. The van der Waals surface area contributed by atoms with Gasteiger partial charge in [-0.3, -0.25) is 0 Å². The Morgan fingerprint density at radius 2 is 0.714 bits per heavy atom. The number of aliphatic hydroxyl groups is 2. The van der Waals surface area contributed by atoms with Crippen molar-refractivity contribution >= 4 is 0 Å². The molecule has 0 amide bonds. The molecule has 0 unspecified atom stereocenters. The molecule has 0 saturated carbocycles. The van der Waals surface area contributed by atoms with Crippen molar-refractivity contribution in [2.75, 3.05) is 13.2 Å². The number of halogens is 16. The first-order valence-corrected chi connectivity index (χ1v) is 17.7. The highest BCUT2D eigenvalue weighted by Crippen LogP contribution is 2.57. The average Bonchev–Trinajstić information content (AvgIpc) is 3.85. The van der Waals surface area contributed by atoms with Gasteiger partial charge in [-0.25, -0.2) is 19.1 Å². The van der Waals surface area contributed by atoms with Crippen LogP contribution in [-0.4, -0.2) is 58.1 Å². The Bertz CT molecular complexity index is 2350. The Kier molecular flexibility index (Phi) is 12.0. The van der Waals surface area contributed by atoms with Crippen LogP contribution in [0, 0.1) is 0 Å². The van der Waals surface area contributed by atoms with Crippen LogP contribution in [0.1, 0.15) is 22.6 Å². The van der Waals surface area contributed by atoms with Crippen LogP contribution in [-0.2, 0) is 30.3 Å². The van der Waals surface area contributed by atoms with Crippen LogP contribution in [0.3, 0.4) is 0 Å². The number of oxazole rings is 2. The van der Waals surface area contributed by atoms with Gasteiger partial charge >= 0.3 is 36.6 Å². The summed E-state index contributed by atoms with van der Waals surface area (Å²) in [6.07, 6.45) is -20.4. The van der Waals surface area contributed by atoms with E-state index in [-0.39, 0.29) is 61.7 Å². The molecule has 4 aromatic heterocycles. The second-order valence-electron chi connectivity index (χ2n) is 13.5. The Hall–Kier alpha value is -6.04. The summed E-state index contributed by atoms with van der Waals surface area (Å²) in [5.41, 5.74) is -12.4. The van der Waals surface area contributed by atoms with Gasteiger partial charge in [0.2, 0.25) is 28.7 Å². The molecule has 0 aliphatic heterocycles. The Morgan fingerprint density at radius 3 is 0.968 bits per heavy atom. The fourth-order valence-corrected chi connectivity index (χ4v) is 6.43. The number of nitrogens with zero attached hydrogens (tertiary/aromatic N) is 4. The molecule has 0 atom stereocenters. The van der Waals surface area contributed by atoms with Crippen molar-refractivity contribution in [2.24, 2.45) is 0 Å². The zero-order valence-corrected chi connectivity index (χ0v) is 31.1. The van der Waals surface area contributed by atoms with Gasteiger partial charge in [-0.2, -0.15) is 70.2 Å². The lowest BCUT2D eigenvalue weighted by atomic mass is 9.72. The molecule has 24 heteroatoms. The highest BCUT2D eigenvalue weighted by molar-refractivity contribution is 5.68. The van der Waals surface area contributed by atoms with Gasteiger partial charge in [-0.1, -0.05) is 24.3 Å². The molecular formula is C39H26F16N4O4+2. The van der Waals surface area contributed by atoms with E-state index in [1.54, 1.807) is 0 Å². The summed E-state index contributed by atoms with van der Waals surface area (Å²) in [7, 11) is 0. The Labute approximate surface area is 342 Å². The first kappa shape index (κ1) is 46.5. The molecule has 6 aromatic rings. The molecule has 0 spiro atoms. The third-order valence-corrected chi connectivity index (χ3v) is 9.56. The van der Waals surface area contributed by atoms with E-state index >= 15 is 26.3 Å². The van der Waals surface area contributed by atoms with Crippen LogP contribution in [0.5, 0.6) is 0 Å². The summed E-state index contributed by atoms with van der Waals surface area (Å²) in [4.78, 5) is 7.35. The molecule has 2 aromatic carbocycles. The highest BCUT2D eigenvalue weighted by Gasteiger charge is 2.72. The zero-order valence-electron chi connectivity index (χ0n) is 31.1. The minimum atomic E-state index is -6.27. The fraction of sp³-hybridized carbons (Fsp3) is 0.282. The van der Waals surface area contributed by atoms with E-state index in [0.717, 1.165) is 24.3 Å². The largest absolute Gasteiger partial charge is 0.461 e. The summed E-state index contributed by atoms with van der Waals surface area (Å²) in [5, 5.41) is 18.2. The lowest BCUT2D eigenvalue weighted by Gasteiger charge is -2.38. The van der Waals surface area contributed by atoms with Gasteiger partial charge in [0.15, 0.2) is 37.9 Å². The molecular weight excluding hydrogens is 892 g/mol. The third kappa shape index (κ3) is 8.32. The summed E-state index contributed by atoms with van der Waals surface area (Å²) in [5.74, 6) is -17.7. The molecule has 0 aliphatic carbocycles. The summed E-state index contributed by atoms with van der Waals surface area (Å²) >= 11 is 0. The minimum absolute atomic E-state index is 0.0119. The summed E-state index contributed by atoms with van der Waals surface area (Å²) in [6, 6.07) is 6.93. The van der Waals surface area contributed by atoms with Crippen molar-refractivity contribution in [3.8, 4) is 45.4 Å². The minimum Gasteiger partial charge on any atom is -0.434 e. The molecule has 4 heterocycles. The van der Waals surface area contributed by atoms with Crippen LogP contribution in [0.25, 0.3) is 45.4 Å². The number of alkyl halides is 16. The number of aromatic nitrogens is 4. The maximum Gasteiger partial charge on any atom is 0.461 e. The van der Waals surface area contributed by atoms with Crippen LogP contribution in [0.15, 0.2) is 106 Å². The van der Waals surface area contributed by atoms with Crippen LogP contribution in [0.2, 0.25) is 0 Å². The molecule has 0 aliphatic rings. The second kappa shape index (κ2) is 16.3. The maximum absolute atomic E-state index is 15.0.